The summed E-state index contributed by atoms with van der Waals surface area (Å²) >= 11 is 0. The molecule has 1 saturated carbocycles. The van der Waals surface area contributed by atoms with E-state index in [-0.39, 0.29) is 23.9 Å². The number of methoxy groups -OCH3 is 1. The number of esters is 1. The van der Waals surface area contributed by atoms with E-state index in [1.165, 1.54) is 20.0 Å². The van der Waals surface area contributed by atoms with Gasteiger partial charge in [0.25, 0.3) is 0 Å². The topological polar surface area (TPSA) is 57.2 Å². The second-order valence-corrected chi connectivity index (χ2v) is 5.78. The summed E-state index contributed by atoms with van der Waals surface area (Å²) in [5, 5.41) is 0. The first kappa shape index (κ1) is 14.3. The van der Waals surface area contributed by atoms with E-state index in [1.807, 2.05) is 0 Å². The molecule has 2 unspecified atom stereocenters. The second-order valence-electron chi connectivity index (χ2n) is 5.78. The van der Waals surface area contributed by atoms with Crippen LogP contribution >= 0.6 is 0 Å². The molecule has 3 aliphatic rings. The van der Waals surface area contributed by atoms with Gasteiger partial charge in [0.1, 0.15) is 6.04 Å². The van der Waals surface area contributed by atoms with Gasteiger partial charge in [0.2, 0.25) is 0 Å². The van der Waals surface area contributed by atoms with Crippen LogP contribution in [0.5, 0.6) is 0 Å². The fraction of sp³-hybridized carbons (Fsp3) is 0.929. The number of ether oxygens (including phenoxy) is 4. The zero-order valence-electron chi connectivity index (χ0n) is 12.0. The monoisotopic (exact) mass is 285 g/mol. The number of rotatable bonds is 3. The lowest BCUT2D eigenvalue weighted by Gasteiger charge is -2.35. The van der Waals surface area contributed by atoms with E-state index in [4.69, 9.17) is 18.9 Å². The molecular weight excluding hydrogens is 262 g/mol. The predicted octanol–water partition coefficient (Wildman–Crippen LogP) is 0.546. The summed E-state index contributed by atoms with van der Waals surface area (Å²) in [5.74, 6) is -0.572. The maximum atomic E-state index is 11.8. The van der Waals surface area contributed by atoms with Crippen LogP contribution in [0.4, 0.5) is 0 Å². The Morgan fingerprint density at radius 3 is 2.90 bits per heavy atom. The lowest BCUT2D eigenvalue weighted by molar-refractivity contribution is -0.168. The molecule has 0 amide bonds. The van der Waals surface area contributed by atoms with Gasteiger partial charge in [-0.2, -0.15) is 0 Å². The molecule has 0 radical (unpaired) electrons. The van der Waals surface area contributed by atoms with Gasteiger partial charge in [-0.1, -0.05) is 0 Å². The van der Waals surface area contributed by atoms with Gasteiger partial charge in [-0.3, -0.25) is 9.69 Å². The fourth-order valence-corrected chi connectivity index (χ4v) is 3.35. The number of carbonyl (C=O) groups excluding carboxylic acids is 1. The molecule has 1 aliphatic carbocycles. The SMILES string of the molecule is COC(=O)C1COCCN1CC1COC2(CCCC2)O1. The average Bonchev–Trinajstić information content (AvgIpc) is 3.09. The van der Waals surface area contributed by atoms with E-state index in [2.05, 4.69) is 4.90 Å². The number of morpholine rings is 1. The highest BCUT2D eigenvalue weighted by Crippen LogP contribution is 2.39. The van der Waals surface area contributed by atoms with Crippen molar-refractivity contribution < 1.29 is 23.7 Å². The lowest BCUT2D eigenvalue weighted by Crippen LogP contribution is -2.53. The Morgan fingerprint density at radius 2 is 2.15 bits per heavy atom. The first-order valence-corrected chi connectivity index (χ1v) is 7.44. The molecule has 0 aromatic rings. The van der Waals surface area contributed by atoms with Crippen molar-refractivity contribution in [2.45, 2.75) is 43.6 Å². The third-order valence-electron chi connectivity index (χ3n) is 4.43. The third kappa shape index (κ3) is 2.83. The highest BCUT2D eigenvalue weighted by atomic mass is 16.7. The maximum absolute atomic E-state index is 11.8. The number of hydrogen-bond acceptors (Lipinski definition) is 6. The van der Waals surface area contributed by atoms with Gasteiger partial charge in [0.15, 0.2) is 5.79 Å². The first-order valence-electron chi connectivity index (χ1n) is 7.44. The molecule has 0 aromatic carbocycles. The Morgan fingerprint density at radius 1 is 1.35 bits per heavy atom. The third-order valence-corrected chi connectivity index (χ3v) is 4.43. The second kappa shape index (κ2) is 5.97. The molecule has 2 aliphatic heterocycles. The van der Waals surface area contributed by atoms with Gasteiger partial charge < -0.3 is 18.9 Å². The van der Waals surface area contributed by atoms with Crippen molar-refractivity contribution in [1.29, 1.82) is 0 Å². The van der Waals surface area contributed by atoms with Crippen LogP contribution in [0.2, 0.25) is 0 Å². The van der Waals surface area contributed by atoms with Gasteiger partial charge in [-0.05, 0) is 12.8 Å². The summed E-state index contributed by atoms with van der Waals surface area (Å²) in [6.07, 6.45) is 4.38. The summed E-state index contributed by atoms with van der Waals surface area (Å²) in [5.41, 5.74) is 0. The van der Waals surface area contributed by atoms with Crippen LogP contribution in [-0.2, 0) is 23.7 Å². The summed E-state index contributed by atoms with van der Waals surface area (Å²) in [6.45, 7) is 3.08. The van der Waals surface area contributed by atoms with Crippen LogP contribution in [-0.4, -0.2) is 68.8 Å². The largest absolute Gasteiger partial charge is 0.468 e. The smallest absolute Gasteiger partial charge is 0.325 e. The number of carbonyl (C=O) groups is 1. The van der Waals surface area contributed by atoms with Crippen LogP contribution in [0.25, 0.3) is 0 Å². The minimum Gasteiger partial charge on any atom is -0.468 e. The first-order chi connectivity index (χ1) is 9.72. The van der Waals surface area contributed by atoms with E-state index < -0.39 is 0 Å². The normalized spacial score (nSPS) is 33.6. The minimum absolute atomic E-state index is 0.0401. The van der Waals surface area contributed by atoms with Gasteiger partial charge >= 0.3 is 5.97 Å². The van der Waals surface area contributed by atoms with Crippen molar-refractivity contribution in [3.05, 3.63) is 0 Å². The summed E-state index contributed by atoms with van der Waals surface area (Å²) in [4.78, 5) is 13.9. The van der Waals surface area contributed by atoms with Crippen LogP contribution in [0.15, 0.2) is 0 Å². The molecule has 2 heterocycles. The Labute approximate surface area is 119 Å². The Kier molecular flexibility index (Phi) is 4.26. The molecule has 2 atom stereocenters. The molecule has 6 heteroatoms. The highest BCUT2D eigenvalue weighted by molar-refractivity contribution is 5.75. The standard InChI is InChI=1S/C14H23NO5/c1-17-13(16)12-10-18-7-6-15(12)8-11-9-19-14(20-11)4-2-3-5-14/h11-12H,2-10H2,1H3. The zero-order chi connectivity index (χ0) is 14.0. The maximum Gasteiger partial charge on any atom is 0.325 e. The predicted molar refractivity (Wildman–Crippen MR) is 70.2 cm³/mol. The number of nitrogens with zero attached hydrogens (tertiary/aromatic N) is 1. The molecule has 0 N–H and O–H groups in total. The molecule has 0 aromatic heterocycles. The highest BCUT2D eigenvalue weighted by Gasteiger charge is 2.45. The van der Waals surface area contributed by atoms with Crippen molar-refractivity contribution in [3.8, 4) is 0 Å². The van der Waals surface area contributed by atoms with Crippen LogP contribution in [0.1, 0.15) is 25.7 Å². The van der Waals surface area contributed by atoms with E-state index in [9.17, 15) is 4.79 Å². The summed E-state index contributed by atoms with van der Waals surface area (Å²) in [6, 6.07) is -0.322. The van der Waals surface area contributed by atoms with E-state index in [1.54, 1.807) is 0 Å². The van der Waals surface area contributed by atoms with E-state index >= 15 is 0 Å². The lowest BCUT2D eigenvalue weighted by atomic mass is 10.2. The Bertz CT molecular complexity index is 355. The molecule has 6 nitrogen and oxygen atoms in total. The summed E-state index contributed by atoms with van der Waals surface area (Å²) in [7, 11) is 1.41. The molecule has 20 heavy (non-hydrogen) atoms. The fourth-order valence-electron chi connectivity index (χ4n) is 3.35. The van der Waals surface area contributed by atoms with Crippen LogP contribution in [0.3, 0.4) is 0 Å². The molecule has 1 spiro atoms. The molecule has 114 valence electrons. The quantitative estimate of drug-likeness (QED) is 0.706. The molecule has 2 saturated heterocycles. The van der Waals surface area contributed by atoms with Crippen LogP contribution < -0.4 is 0 Å². The van der Waals surface area contributed by atoms with Crippen molar-refractivity contribution in [1.82, 2.24) is 4.90 Å². The Hall–Kier alpha value is -0.690. The van der Waals surface area contributed by atoms with E-state index in [0.29, 0.717) is 26.4 Å². The van der Waals surface area contributed by atoms with Gasteiger partial charge in [-0.25, -0.2) is 0 Å². The van der Waals surface area contributed by atoms with Crippen molar-refractivity contribution in [2.75, 3.05) is 40.0 Å². The zero-order valence-corrected chi connectivity index (χ0v) is 12.0. The van der Waals surface area contributed by atoms with Gasteiger partial charge in [0, 0.05) is 25.9 Å². The van der Waals surface area contributed by atoms with Crippen molar-refractivity contribution >= 4 is 5.97 Å². The van der Waals surface area contributed by atoms with Crippen LogP contribution in [0, 0.1) is 0 Å². The van der Waals surface area contributed by atoms with E-state index in [0.717, 1.165) is 19.4 Å². The molecule has 3 rings (SSSR count). The number of hydrogen-bond donors (Lipinski definition) is 0. The minimum atomic E-state index is -0.336. The summed E-state index contributed by atoms with van der Waals surface area (Å²) < 4.78 is 22.2. The Balaban J connectivity index is 1.57. The molecular formula is C14H23NO5. The van der Waals surface area contributed by atoms with Gasteiger partial charge in [0.05, 0.1) is 33.0 Å². The van der Waals surface area contributed by atoms with Crippen molar-refractivity contribution in [3.63, 3.8) is 0 Å². The van der Waals surface area contributed by atoms with Crippen molar-refractivity contribution in [2.24, 2.45) is 0 Å². The van der Waals surface area contributed by atoms with Gasteiger partial charge in [-0.15, -0.1) is 0 Å². The molecule has 3 fully saturated rings. The molecule has 0 bridgehead atoms. The average molecular weight is 285 g/mol.